The van der Waals surface area contributed by atoms with E-state index in [4.69, 9.17) is 10.5 Å². The molecule has 0 radical (unpaired) electrons. The first-order valence-corrected chi connectivity index (χ1v) is 8.62. The quantitative estimate of drug-likeness (QED) is 0.825. The van der Waals surface area contributed by atoms with Crippen molar-refractivity contribution in [2.75, 3.05) is 6.61 Å². The van der Waals surface area contributed by atoms with Gasteiger partial charge >= 0.3 is 0 Å². The van der Waals surface area contributed by atoms with E-state index in [1.165, 1.54) is 70.6 Å². The molecule has 0 aromatic carbocycles. The van der Waals surface area contributed by atoms with E-state index in [9.17, 15) is 0 Å². The van der Waals surface area contributed by atoms with Crippen molar-refractivity contribution in [2.45, 2.75) is 81.8 Å². The molecular formula is C17H29NO. The summed E-state index contributed by atoms with van der Waals surface area (Å²) in [5, 5.41) is 0. The molecule has 3 saturated carbocycles. The molecule has 1 aliphatic heterocycles. The highest BCUT2D eigenvalue weighted by Crippen LogP contribution is 2.52. The monoisotopic (exact) mass is 263 g/mol. The molecule has 0 aromatic rings. The van der Waals surface area contributed by atoms with Crippen molar-refractivity contribution in [3.8, 4) is 0 Å². The second kappa shape index (κ2) is 4.46. The summed E-state index contributed by atoms with van der Waals surface area (Å²) in [5.41, 5.74) is 7.35. The van der Waals surface area contributed by atoms with E-state index in [1.807, 2.05) is 0 Å². The van der Waals surface area contributed by atoms with E-state index in [1.54, 1.807) is 0 Å². The molecule has 19 heavy (non-hydrogen) atoms. The average molecular weight is 263 g/mol. The molecule has 3 unspecified atom stereocenters. The van der Waals surface area contributed by atoms with Crippen molar-refractivity contribution in [2.24, 2.45) is 23.5 Å². The van der Waals surface area contributed by atoms with Gasteiger partial charge in [-0.3, -0.25) is 0 Å². The highest BCUT2D eigenvalue weighted by molar-refractivity contribution is 5.04. The van der Waals surface area contributed by atoms with Crippen LogP contribution in [0.2, 0.25) is 0 Å². The van der Waals surface area contributed by atoms with Crippen LogP contribution in [0.3, 0.4) is 0 Å². The minimum absolute atomic E-state index is 0.151. The molecular weight excluding hydrogens is 234 g/mol. The molecule has 0 bridgehead atoms. The summed E-state index contributed by atoms with van der Waals surface area (Å²) >= 11 is 0. The van der Waals surface area contributed by atoms with Crippen molar-refractivity contribution in [1.82, 2.24) is 0 Å². The first-order chi connectivity index (χ1) is 9.19. The summed E-state index contributed by atoms with van der Waals surface area (Å²) in [6.45, 7) is 0.970. The van der Waals surface area contributed by atoms with Gasteiger partial charge in [-0.2, -0.15) is 0 Å². The fourth-order valence-electron chi connectivity index (χ4n) is 5.16. The summed E-state index contributed by atoms with van der Waals surface area (Å²) in [5.74, 6) is 2.74. The Morgan fingerprint density at radius 1 is 0.842 bits per heavy atom. The number of hydrogen-bond donors (Lipinski definition) is 1. The van der Waals surface area contributed by atoms with Gasteiger partial charge < -0.3 is 10.5 Å². The summed E-state index contributed by atoms with van der Waals surface area (Å²) in [6.07, 6.45) is 14.8. The maximum absolute atomic E-state index is 6.93. The van der Waals surface area contributed by atoms with E-state index in [0.29, 0.717) is 0 Å². The van der Waals surface area contributed by atoms with Crippen molar-refractivity contribution in [3.63, 3.8) is 0 Å². The van der Waals surface area contributed by atoms with Crippen LogP contribution in [0.5, 0.6) is 0 Å². The Bertz CT molecular complexity index is 347. The predicted octanol–water partition coefficient (Wildman–Crippen LogP) is 3.63. The molecule has 108 valence electrons. The van der Waals surface area contributed by atoms with Crippen LogP contribution in [0.4, 0.5) is 0 Å². The van der Waals surface area contributed by atoms with Crippen LogP contribution >= 0.6 is 0 Å². The Hall–Kier alpha value is -0.0800. The van der Waals surface area contributed by atoms with Crippen LogP contribution in [0, 0.1) is 17.8 Å². The Balaban J connectivity index is 1.46. The van der Waals surface area contributed by atoms with Crippen LogP contribution in [0.1, 0.15) is 70.6 Å². The second-order valence-corrected chi connectivity index (χ2v) is 8.00. The molecule has 0 aromatic heterocycles. The summed E-state index contributed by atoms with van der Waals surface area (Å²) in [7, 11) is 0. The minimum Gasteiger partial charge on any atom is -0.375 e. The highest BCUT2D eigenvalue weighted by Gasteiger charge is 2.50. The largest absolute Gasteiger partial charge is 0.375 e. The van der Waals surface area contributed by atoms with Gasteiger partial charge in [0.1, 0.15) is 0 Å². The van der Waals surface area contributed by atoms with E-state index in [0.717, 1.165) is 24.4 Å². The maximum atomic E-state index is 6.93. The number of nitrogens with two attached hydrogens (primary N) is 1. The molecule has 2 N–H and O–H groups in total. The van der Waals surface area contributed by atoms with Gasteiger partial charge in [-0.25, -0.2) is 0 Å². The molecule has 2 heteroatoms. The van der Waals surface area contributed by atoms with Gasteiger partial charge in [0.25, 0.3) is 0 Å². The normalized spacial score (nSPS) is 45.9. The molecule has 1 spiro atoms. The lowest BCUT2D eigenvalue weighted by Crippen LogP contribution is -2.57. The van der Waals surface area contributed by atoms with Crippen LogP contribution in [0.15, 0.2) is 0 Å². The highest BCUT2D eigenvalue weighted by atomic mass is 16.5. The molecule has 4 fully saturated rings. The van der Waals surface area contributed by atoms with E-state index in [-0.39, 0.29) is 11.1 Å². The first kappa shape index (κ1) is 12.6. The first-order valence-electron chi connectivity index (χ1n) is 8.62. The van der Waals surface area contributed by atoms with Crippen molar-refractivity contribution in [1.29, 1.82) is 0 Å². The molecule has 4 aliphatic rings. The molecule has 2 nitrogen and oxygen atoms in total. The maximum Gasteiger partial charge on any atom is 0.0686 e. The lowest BCUT2D eigenvalue weighted by molar-refractivity contribution is -0.155. The summed E-state index contributed by atoms with van der Waals surface area (Å²) < 4.78 is 6.10. The van der Waals surface area contributed by atoms with Gasteiger partial charge in [-0.1, -0.05) is 12.8 Å². The van der Waals surface area contributed by atoms with Gasteiger partial charge in [0, 0.05) is 12.1 Å². The van der Waals surface area contributed by atoms with Crippen LogP contribution in [-0.2, 0) is 4.74 Å². The molecule has 1 saturated heterocycles. The van der Waals surface area contributed by atoms with Gasteiger partial charge in [0.05, 0.1) is 5.60 Å². The number of rotatable bonds is 2. The zero-order valence-corrected chi connectivity index (χ0v) is 12.2. The Morgan fingerprint density at radius 2 is 1.68 bits per heavy atom. The van der Waals surface area contributed by atoms with Gasteiger partial charge in [-0.15, -0.1) is 0 Å². The van der Waals surface area contributed by atoms with Crippen LogP contribution in [-0.4, -0.2) is 17.7 Å². The van der Waals surface area contributed by atoms with Gasteiger partial charge in [0.15, 0.2) is 0 Å². The van der Waals surface area contributed by atoms with Crippen LogP contribution in [0.25, 0.3) is 0 Å². The molecule has 3 atom stereocenters. The zero-order valence-electron chi connectivity index (χ0n) is 12.2. The van der Waals surface area contributed by atoms with E-state index < -0.39 is 0 Å². The van der Waals surface area contributed by atoms with Crippen molar-refractivity contribution < 1.29 is 4.74 Å². The third-order valence-electron chi connectivity index (χ3n) is 6.72. The Kier molecular flexibility index (Phi) is 2.97. The average Bonchev–Trinajstić information content (AvgIpc) is 3.21. The molecule has 3 aliphatic carbocycles. The molecule has 4 rings (SSSR count). The number of ether oxygens (including phenoxy) is 1. The zero-order chi connectivity index (χ0) is 12.9. The fourth-order valence-corrected chi connectivity index (χ4v) is 5.16. The third-order valence-corrected chi connectivity index (χ3v) is 6.72. The van der Waals surface area contributed by atoms with E-state index >= 15 is 0 Å². The lowest BCUT2D eigenvalue weighted by Gasteiger charge is -2.53. The lowest BCUT2D eigenvalue weighted by atomic mass is 9.61. The molecule has 0 amide bonds. The van der Waals surface area contributed by atoms with Gasteiger partial charge in [-0.05, 0) is 75.5 Å². The van der Waals surface area contributed by atoms with E-state index in [2.05, 4.69) is 0 Å². The molecule has 1 heterocycles. The van der Waals surface area contributed by atoms with Gasteiger partial charge in [0.2, 0.25) is 0 Å². The SMILES string of the molecule is NC1(C2CCOC3(CCC3)C2)CCCC(C2CC2)C1. The van der Waals surface area contributed by atoms with Crippen molar-refractivity contribution >= 4 is 0 Å². The summed E-state index contributed by atoms with van der Waals surface area (Å²) in [4.78, 5) is 0. The standard InChI is InChI=1S/C17H29NO/c18-17(9-1-3-14(11-17)13-4-5-13)15-6-10-19-16(12-15)7-2-8-16/h13-15H,1-12,18H2. The Labute approximate surface area is 117 Å². The fraction of sp³-hybridized carbons (Fsp3) is 1.00. The number of hydrogen-bond acceptors (Lipinski definition) is 2. The van der Waals surface area contributed by atoms with Crippen molar-refractivity contribution in [3.05, 3.63) is 0 Å². The predicted molar refractivity (Wildman–Crippen MR) is 76.9 cm³/mol. The topological polar surface area (TPSA) is 35.2 Å². The second-order valence-electron chi connectivity index (χ2n) is 8.00. The third kappa shape index (κ3) is 2.25. The summed E-state index contributed by atoms with van der Waals surface area (Å²) in [6, 6.07) is 0. The minimum atomic E-state index is 0.151. The Morgan fingerprint density at radius 3 is 2.37 bits per heavy atom. The smallest absolute Gasteiger partial charge is 0.0686 e. The van der Waals surface area contributed by atoms with Crippen LogP contribution < -0.4 is 5.73 Å².